The fourth-order valence-electron chi connectivity index (χ4n) is 3.93. The molecule has 0 fully saturated rings. The minimum absolute atomic E-state index is 0.180. The van der Waals surface area contributed by atoms with Crippen LogP contribution in [-0.2, 0) is 10.2 Å². The van der Waals surface area contributed by atoms with Gasteiger partial charge in [0.1, 0.15) is 22.8 Å². The predicted molar refractivity (Wildman–Crippen MR) is 98.6 cm³/mol. The third kappa shape index (κ3) is 2.27. The molecule has 2 aromatic carbocycles. The van der Waals surface area contributed by atoms with E-state index in [-0.39, 0.29) is 5.91 Å². The third-order valence-electron chi connectivity index (χ3n) is 5.20. The van der Waals surface area contributed by atoms with Crippen molar-refractivity contribution >= 4 is 23.3 Å². The SMILES string of the molecule is CN=C1NC(=O)C2(CCOc3ccccc32)c2cc(C(C)Cl)c(F)cc21. The number of hydrogen-bond acceptors (Lipinski definition) is 3. The number of para-hydroxylation sites is 1. The van der Waals surface area contributed by atoms with Gasteiger partial charge in [-0.1, -0.05) is 18.2 Å². The molecule has 0 bridgehead atoms. The molecule has 0 aliphatic carbocycles. The topological polar surface area (TPSA) is 50.7 Å². The zero-order valence-corrected chi connectivity index (χ0v) is 15.2. The monoisotopic (exact) mass is 372 g/mol. The Balaban J connectivity index is 2.08. The minimum Gasteiger partial charge on any atom is -0.493 e. The number of nitrogens with zero attached hydrogens (tertiary/aromatic N) is 1. The Bertz CT molecular complexity index is 941. The number of alkyl halides is 1. The number of rotatable bonds is 1. The number of amides is 1. The maximum absolute atomic E-state index is 14.6. The van der Waals surface area contributed by atoms with Gasteiger partial charge in [-0.25, -0.2) is 4.39 Å². The molecule has 1 N–H and O–H groups in total. The van der Waals surface area contributed by atoms with E-state index in [1.807, 2.05) is 24.3 Å². The highest BCUT2D eigenvalue weighted by molar-refractivity contribution is 6.21. The fourth-order valence-corrected chi connectivity index (χ4v) is 4.10. The van der Waals surface area contributed by atoms with E-state index < -0.39 is 16.6 Å². The molecule has 1 spiro atoms. The van der Waals surface area contributed by atoms with Crippen LogP contribution < -0.4 is 10.1 Å². The molecule has 2 heterocycles. The minimum atomic E-state index is -0.952. The summed E-state index contributed by atoms with van der Waals surface area (Å²) < 4.78 is 20.4. The summed E-state index contributed by atoms with van der Waals surface area (Å²) in [6.07, 6.45) is 0.460. The van der Waals surface area contributed by atoms with Gasteiger partial charge in [0.15, 0.2) is 0 Å². The molecular formula is C20H18ClFN2O2. The quantitative estimate of drug-likeness (QED) is 0.776. The zero-order valence-electron chi connectivity index (χ0n) is 14.5. The largest absolute Gasteiger partial charge is 0.493 e. The Hall–Kier alpha value is -2.40. The van der Waals surface area contributed by atoms with Gasteiger partial charge >= 0.3 is 0 Å². The lowest BCUT2D eigenvalue weighted by molar-refractivity contribution is -0.125. The summed E-state index contributed by atoms with van der Waals surface area (Å²) >= 11 is 6.19. The first-order valence-corrected chi connectivity index (χ1v) is 8.91. The lowest BCUT2D eigenvalue weighted by Crippen LogP contribution is -2.55. The molecule has 6 heteroatoms. The number of fused-ring (bicyclic) bond motifs is 4. The fraction of sp³-hybridized carbons (Fsp3) is 0.300. The summed E-state index contributed by atoms with van der Waals surface area (Å²) in [6.45, 7) is 2.11. The number of ether oxygens (including phenoxy) is 1. The molecule has 0 saturated carbocycles. The van der Waals surface area contributed by atoms with Crippen LogP contribution in [0.15, 0.2) is 41.4 Å². The summed E-state index contributed by atoms with van der Waals surface area (Å²) in [5, 5.41) is 2.34. The van der Waals surface area contributed by atoms with Gasteiger partial charge in [0, 0.05) is 30.2 Å². The highest BCUT2D eigenvalue weighted by Gasteiger charge is 2.50. The van der Waals surface area contributed by atoms with Crippen LogP contribution in [0.25, 0.3) is 0 Å². The number of halogens is 2. The summed E-state index contributed by atoms with van der Waals surface area (Å²) in [5.74, 6) is 0.453. The first kappa shape index (κ1) is 17.0. The maximum atomic E-state index is 14.6. The van der Waals surface area contributed by atoms with Gasteiger partial charge in [0.2, 0.25) is 5.91 Å². The molecule has 4 rings (SSSR count). The summed E-state index contributed by atoms with van der Waals surface area (Å²) in [7, 11) is 1.57. The predicted octanol–water partition coefficient (Wildman–Crippen LogP) is 3.70. The van der Waals surface area contributed by atoms with E-state index >= 15 is 0 Å². The van der Waals surface area contributed by atoms with Crippen molar-refractivity contribution in [1.82, 2.24) is 5.32 Å². The highest BCUT2D eigenvalue weighted by Crippen LogP contribution is 2.47. The standard InChI is InChI=1S/C20H18ClFN2O2/c1-11(21)12-9-15-13(10-16(12)22)18(23-2)24-19(25)20(15)7-8-26-17-6-4-3-5-14(17)20/h3-6,9-11H,7-8H2,1-2H3,(H,23,24,25). The Kier molecular flexibility index (Phi) is 3.99. The normalized spacial score (nSPS) is 23.8. The van der Waals surface area contributed by atoms with E-state index in [0.717, 1.165) is 11.1 Å². The van der Waals surface area contributed by atoms with E-state index in [9.17, 15) is 9.18 Å². The van der Waals surface area contributed by atoms with Gasteiger partial charge in [-0.3, -0.25) is 9.79 Å². The van der Waals surface area contributed by atoms with Crippen LogP contribution in [0.5, 0.6) is 5.75 Å². The van der Waals surface area contributed by atoms with Crippen molar-refractivity contribution < 1.29 is 13.9 Å². The molecule has 2 unspecified atom stereocenters. The third-order valence-corrected chi connectivity index (χ3v) is 5.44. The van der Waals surface area contributed by atoms with E-state index in [1.165, 1.54) is 6.07 Å². The second-order valence-electron chi connectivity index (χ2n) is 6.56. The van der Waals surface area contributed by atoms with Gasteiger partial charge in [-0.15, -0.1) is 11.6 Å². The lowest BCUT2D eigenvalue weighted by Gasteiger charge is -2.42. The van der Waals surface area contributed by atoms with Crippen molar-refractivity contribution in [1.29, 1.82) is 0 Å². The molecule has 2 aromatic rings. The number of aliphatic imine (C=N–C) groups is 1. The molecule has 2 aliphatic rings. The van der Waals surface area contributed by atoms with Crippen molar-refractivity contribution in [3.8, 4) is 5.75 Å². The number of carbonyl (C=O) groups is 1. The highest BCUT2D eigenvalue weighted by atomic mass is 35.5. The molecule has 2 aliphatic heterocycles. The van der Waals surface area contributed by atoms with Crippen LogP contribution >= 0.6 is 11.6 Å². The number of benzene rings is 2. The maximum Gasteiger partial charge on any atom is 0.240 e. The molecular weight excluding hydrogens is 355 g/mol. The van der Waals surface area contributed by atoms with Gasteiger partial charge in [-0.05, 0) is 30.7 Å². The Morgan fingerprint density at radius 2 is 2.08 bits per heavy atom. The Morgan fingerprint density at radius 1 is 1.31 bits per heavy atom. The molecule has 0 radical (unpaired) electrons. The zero-order chi connectivity index (χ0) is 18.5. The average Bonchev–Trinajstić information content (AvgIpc) is 2.64. The van der Waals surface area contributed by atoms with E-state index in [2.05, 4.69) is 10.3 Å². The first-order chi connectivity index (χ1) is 12.5. The molecule has 26 heavy (non-hydrogen) atoms. The van der Waals surface area contributed by atoms with Gasteiger partial charge in [0.05, 0.1) is 12.0 Å². The average molecular weight is 373 g/mol. The summed E-state index contributed by atoms with van der Waals surface area (Å²) in [4.78, 5) is 17.4. The van der Waals surface area contributed by atoms with Crippen LogP contribution in [0.2, 0.25) is 0 Å². The van der Waals surface area contributed by atoms with Crippen molar-refractivity contribution in [3.05, 3.63) is 64.5 Å². The number of hydrogen-bond donors (Lipinski definition) is 1. The van der Waals surface area contributed by atoms with E-state index in [0.29, 0.717) is 35.7 Å². The van der Waals surface area contributed by atoms with Gasteiger partial charge < -0.3 is 10.1 Å². The number of carbonyl (C=O) groups excluding carboxylic acids is 1. The summed E-state index contributed by atoms with van der Waals surface area (Å²) in [6, 6.07) is 10.6. The number of nitrogens with one attached hydrogen (secondary N) is 1. The molecule has 0 saturated heterocycles. The second kappa shape index (κ2) is 6.09. The van der Waals surface area contributed by atoms with Crippen LogP contribution in [0.4, 0.5) is 4.39 Å². The van der Waals surface area contributed by atoms with Gasteiger partial charge in [-0.2, -0.15) is 0 Å². The van der Waals surface area contributed by atoms with Crippen molar-refractivity contribution in [2.75, 3.05) is 13.7 Å². The Morgan fingerprint density at radius 3 is 2.81 bits per heavy atom. The second-order valence-corrected chi connectivity index (χ2v) is 7.22. The molecule has 1 amide bonds. The van der Waals surface area contributed by atoms with Gasteiger partial charge in [0.25, 0.3) is 0 Å². The first-order valence-electron chi connectivity index (χ1n) is 8.48. The van der Waals surface area contributed by atoms with Crippen molar-refractivity contribution in [2.45, 2.75) is 24.1 Å². The smallest absolute Gasteiger partial charge is 0.240 e. The van der Waals surface area contributed by atoms with Crippen LogP contribution in [0, 0.1) is 5.82 Å². The summed E-state index contributed by atoms with van der Waals surface area (Å²) in [5.41, 5.74) is 1.51. The van der Waals surface area contributed by atoms with Crippen molar-refractivity contribution in [3.63, 3.8) is 0 Å². The van der Waals surface area contributed by atoms with E-state index in [1.54, 1.807) is 20.0 Å². The number of amidine groups is 1. The molecule has 0 aromatic heterocycles. The van der Waals surface area contributed by atoms with Crippen LogP contribution in [0.3, 0.4) is 0 Å². The van der Waals surface area contributed by atoms with Crippen LogP contribution in [-0.4, -0.2) is 25.4 Å². The molecule has 134 valence electrons. The van der Waals surface area contributed by atoms with Crippen LogP contribution in [0.1, 0.15) is 41.0 Å². The van der Waals surface area contributed by atoms with E-state index in [4.69, 9.17) is 16.3 Å². The lowest BCUT2D eigenvalue weighted by atomic mass is 9.66. The molecule has 4 nitrogen and oxygen atoms in total. The van der Waals surface area contributed by atoms with Crippen molar-refractivity contribution in [2.24, 2.45) is 4.99 Å². The molecule has 2 atom stereocenters. The Labute approximate surface area is 156 Å².